The van der Waals surface area contributed by atoms with Crippen molar-refractivity contribution in [1.29, 1.82) is 0 Å². The third-order valence-electron chi connectivity index (χ3n) is 9.96. The number of piperidine rings is 1. The highest BCUT2D eigenvalue weighted by atomic mass is 16.2. The predicted molar refractivity (Wildman–Crippen MR) is 123 cm³/mol. The third kappa shape index (κ3) is 3.22. The fraction of sp³-hybridized carbons (Fsp3) is 0.852. The zero-order valence-electron chi connectivity index (χ0n) is 20.4. The molecule has 5 aliphatic rings. The van der Waals surface area contributed by atoms with Gasteiger partial charge in [-0.3, -0.25) is 9.59 Å². The second-order valence-electron chi connectivity index (χ2n) is 12.9. The van der Waals surface area contributed by atoms with E-state index in [-0.39, 0.29) is 28.2 Å². The predicted octanol–water partition coefficient (Wildman–Crippen LogP) is 5.08. The molecule has 0 unspecified atom stereocenters. The Balaban J connectivity index is 1.48. The number of carbonyl (C=O) groups excluding carboxylic acids is 2. The standard InChI is InChI=1S/C27H42N2O2/c1-25(2,3)28-24(31)21-10-9-19-18-16-29-15-7-6-8-17-22(30)12-14-27(5,23(17)29)20(18)11-13-26(19,21)4/h18-21H,6-16H2,1-5H3,(H,28,31)/t18-,19-,20-,21+,26-,27+/m0/s1. The van der Waals surface area contributed by atoms with E-state index in [0.29, 0.717) is 23.5 Å². The lowest BCUT2D eigenvalue weighted by Gasteiger charge is -2.61. The van der Waals surface area contributed by atoms with Gasteiger partial charge >= 0.3 is 0 Å². The first-order valence-electron chi connectivity index (χ1n) is 12.9. The average molecular weight is 427 g/mol. The van der Waals surface area contributed by atoms with Crippen molar-refractivity contribution >= 4 is 11.7 Å². The lowest BCUT2D eigenvalue weighted by Crippen LogP contribution is -2.59. The van der Waals surface area contributed by atoms with E-state index in [1.54, 1.807) is 0 Å². The Bertz CT molecular complexity index is 824. The summed E-state index contributed by atoms with van der Waals surface area (Å²) in [4.78, 5) is 28.8. The van der Waals surface area contributed by atoms with Crippen LogP contribution in [0.4, 0.5) is 0 Å². The van der Waals surface area contributed by atoms with Crippen LogP contribution in [0.3, 0.4) is 0 Å². The number of rotatable bonds is 1. The number of hydrogen-bond donors (Lipinski definition) is 1. The van der Waals surface area contributed by atoms with Gasteiger partial charge in [0.2, 0.25) is 5.91 Å². The van der Waals surface area contributed by atoms with Gasteiger partial charge in [-0.25, -0.2) is 0 Å². The van der Waals surface area contributed by atoms with Gasteiger partial charge in [0.1, 0.15) is 0 Å². The number of nitrogens with zero attached hydrogens (tertiary/aromatic N) is 1. The minimum absolute atomic E-state index is 0.118. The second kappa shape index (κ2) is 7.09. The van der Waals surface area contributed by atoms with E-state index in [2.05, 4.69) is 44.8 Å². The summed E-state index contributed by atoms with van der Waals surface area (Å²) in [6.45, 7) is 13.4. The van der Waals surface area contributed by atoms with Crippen molar-refractivity contribution in [2.75, 3.05) is 13.1 Å². The van der Waals surface area contributed by atoms with Crippen molar-refractivity contribution in [2.45, 2.75) is 97.9 Å². The van der Waals surface area contributed by atoms with Crippen LogP contribution in [0.25, 0.3) is 0 Å². The fourth-order valence-electron chi connectivity index (χ4n) is 8.66. The lowest BCUT2D eigenvalue weighted by molar-refractivity contribution is -0.135. The minimum atomic E-state index is -0.169. The van der Waals surface area contributed by atoms with Crippen LogP contribution in [-0.2, 0) is 9.59 Å². The topological polar surface area (TPSA) is 49.4 Å². The summed E-state index contributed by atoms with van der Waals surface area (Å²) in [6, 6.07) is 0. The van der Waals surface area contributed by atoms with Crippen molar-refractivity contribution in [3.63, 3.8) is 0 Å². The van der Waals surface area contributed by atoms with Gasteiger partial charge in [0.25, 0.3) is 0 Å². The zero-order valence-corrected chi connectivity index (χ0v) is 20.4. The molecule has 2 aliphatic heterocycles. The maximum atomic E-state index is 13.3. The molecule has 0 aromatic heterocycles. The molecule has 6 atom stereocenters. The molecule has 3 aliphatic carbocycles. The van der Waals surface area contributed by atoms with E-state index in [0.717, 1.165) is 51.6 Å². The summed E-state index contributed by atoms with van der Waals surface area (Å²) in [7, 11) is 0. The van der Waals surface area contributed by atoms with Crippen LogP contribution >= 0.6 is 0 Å². The molecule has 3 fully saturated rings. The Hall–Kier alpha value is -1.32. The molecule has 1 amide bonds. The van der Waals surface area contributed by atoms with Crippen molar-refractivity contribution < 1.29 is 9.59 Å². The van der Waals surface area contributed by atoms with Crippen LogP contribution in [0.15, 0.2) is 11.3 Å². The summed E-state index contributed by atoms with van der Waals surface area (Å²) in [5.41, 5.74) is 2.74. The summed E-state index contributed by atoms with van der Waals surface area (Å²) in [5.74, 6) is 2.81. The van der Waals surface area contributed by atoms with Crippen molar-refractivity contribution in [2.24, 2.45) is 34.5 Å². The molecule has 0 aromatic rings. The number of Topliss-reactive ketones (excluding diaryl/α,β-unsaturated/α-hetero) is 1. The molecule has 4 heteroatoms. The first-order chi connectivity index (χ1) is 14.5. The molecule has 0 radical (unpaired) electrons. The molecule has 172 valence electrons. The number of hydrogen-bond acceptors (Lipinski definition) is 3. The monoisotopic (exact) mass is 426 g/mol. The van der Waals surface area contributed by atoms with Crippen LogP contribution in [0.5, 0.6) is 0 Å². The molecule has 0 spiro atoms. The molecule has 0 bridgehead atoms. The van der Waals surface area contributed by atoms with Crippen LogP contribution in [-0.4, -0.2) is 35.2 Å². The van der Waals surface area contributed by atoms with Crippen LogP contribution in [0.2, 0.25) is 0 Å². The van der Waals surface area contributed by atoms with Crippen LogP contribution in [0, 0.1) is 34.5 Å². The van der Waals surface area contributed by atoms with E-state index in [1.807, 2.05) is 0 Å². The van der Waals surface area contributed by atoms with Gasteiger partial charge in [0.05, 0.1) is 0 Å². The van der Waals surface area contributed by atoms with E-state index in [9.17, 15) is 9.59 Å². The smallest absolute Gasteiger partial charge is 0.224 e. The quantitative estimate of drug-likeness (QED) is 0.636. The number of fused-ring (bicyclic) bond motifs is 4. The maximum Gasteiger partial charge on any atom is 0.224 e. The van der Waals surface area contributed by atoms with Gasteiger partial charge in [-0.15, -0.1) is 0 Å². The maximum absolute atomic E-state index is 13.3. The fourth-order valence-corrected chi connectivity index (χ4v) is 8.66. The van der Waals surface area contributed by atoms with Gasteiger partial charge < -0.3 is 10.2 Å². The van der Waals surface area contributed by atoms with Gasteiger partial charge in [0.15, 0.2) is 5.78 Å². The molecular formula is C27H42N2O2. The molecule has 31 heavy (non-hydrogen) atoms. The van der Waals surface area contributed by atoms with Crippen molar-refractivity contribution in [3.05, 3.63) is 11.3 Å². The van der Waals surface area contributed by atoms with E-state index >= 15 is 0 Å². The van der Waals surface area contributed by atoms with Gasteiger partial charge in [0, 0.05) is 47.7 Å². The van der Waals surface area contributed by atoms with E-state index < -0.39 is 0 Å². The highest BCUT2D eigenvalue weighted by molar-refractivity contribution is 5.97. The summed E-state index contributed by atoms with van der Waals surface area (Å²) in [6.07, 6.45) is 9.72. The lowest BCUT2D eigenvalue weighted by atomic mass is 9.49. The zero-order chi connectivity index (χ0) is 22.2. The largest absolute Gasteiger partial charge is 0.374 e. The minimum Gasteiger partial charge on any atom is -0.374 e. The van der Waals surface area contributed by atoms with Crippen LogP contribution in [0.1, 0.15) is 92.4 Å². The van der Waals surface area contributed by atoms with Gasteiger partial charge in [-0.05, 0) is 95.3 Å². The Morgan fingerprint density at radius 2 is 1.81 bits per heavy atom. The Morgan fingerprint density at radius 3 is 2.55 bits per heavy atom. The summed E-state index contributed by atoms with van der Waals surface area (Å²) in [5, 5.41) is 3.30. The number of allylic oxidation sites excluding steroid dienone is 2. The molecule has 4 nitrogen and oxygen atoms in total. The average Bonchev–Trinajstić information content (AvgIpc) is 2.88. The number of amides is 1. The molecule has 1 saturated heterocycles. The number of nitrogens with one attached hydrogen (secondary N) is 1. The second-order valence-corrected chi connectivity index (χ2v) is 12.9. The first kappa shape index (κ1) is 21.5. The highest BCUT2D eigenvalue weighted by Crippen LogP contribution is 2.66. The molecule has 2 heterocycles. The number of ketones is 1. The first-order valence-corrected chi connectivity index (χ1v) is 12.9. The summed E-state index contributed by atoms with van der Waals surface area (Å²) >= 11 is 0. The third-order valence-corrected chi connectivity index (χ3v) is 9.96. The van der Waals surface area contributed by atoms with Crippen LogP contribution < -0.4 is 5.32 Å². The number of carbonyl (C=O) groups is 2. The van der Waals surface area contributed by atoms with Crippen molar-refractivity contribution in [3.8, 4) is 0 Å². The Kier molecular flexibility index (Phi) is 4.92. The molecule has 0 aromatic carbocycles. The Morgan fingerprint density at radius 1 is 1.03 bits per heavy atom. The molecule has 1 N–H and O–H groups in total. The van der Waals surface area contributed by atoms with Gasteiger partial charge in [-0.1, -0.05) is 13.8 Å². The Labute approximate surface area is 188 Å². The molecular weight excluding hydrogens is 384 g/mol. The van der Waals surface area contributed by atoms with E-state index in [1.165, 1.54) is 30.5 Å². The molecule has 5 rings (SSSR count). The van der Waals surface area contributed by atoms with Crippen molar-refractivity contribution in [1.82, 2.24) is 10.2 Å². The summed E-state index contributed by atoms with van der Waals surface area (Å²) < 4.78 is 0. The SMILES string of the molecule is CC(C)(C)NC(=O)[C@H]1CC[C@H]2[C@@H]3CN4CCCCC5=C4[C@](C)(CCC5=O)[C@H]3CC[C@]12C. The van der Waals surface area contributed by atoms with Gasteiger partial charge in [-0.2, -0.15) is 0 Å². The highest BCUT2D eigenvalue weighted by Gasteiger charge is 2.62. The van der Waals surface area contributed by atoms with E-state index in [4.69, 9.17) is 0 Å². The molecule has 2 saturated carbocycles. The normalized spacial score (nSPS) is 42.5.